The van der Waals surface area contributed by atoms with Crippen molar-refractivity contribution >= 4 is 0 Å². The SMILES string of the molecule is Cc1cc(F)ccc1C(N)c1ccccc1C1CCC1. The van der Waals surface area contributed by atoms with Gasteiger partial charge in [-0.2, -0.15) is 0 Å². The summed E-state index contributed by atoms with van der Waals surface area (Å²) in [6.45, 7) is 1.92. The van der Waals surface area contributed by atoms with E-state index >= 15 is 0 Å². The zero-order valence-corrected chi connectivity index (χ0v) is 11.8. The van der Waals surface area contributed by atoms with Crippen LogP contribution in [0.5, 0.6) is 0 Å². The summed E-state index contributed by atoms with van der Waals surface area (Å²) in [5, 5.41) is 0. The van der Waals surface area contributed by atoms with Crippen LogP contribution in [0.3, 0.4) is 0 Å². The van der Waals surface area contributed by atoms with E-state index in [1.54, 1.807) is 6.07 Å². The van der Waals surface area contributed by atoms with Gasteiger partial charge in [0, 0.05) is 0 Å². The number of rotatable bonds is 3. The minimum absolute atomic E-state index is 0.174. The quantitative estimate of drug-likeness (QED) is 0.875. The van der Waals surface area contributed by atoms with Crippen molar-refractivity contribution in [3.05, 3.63) is 70.5 Å². The topological polar surface area (TPSA) is 26.0 Å². The van der Waals surface area contributed by atoms with Crippen LogP contribution in [0.15, 0.2) is 42.5 Å². The van der Waals surface area contributed by atoms with Gasteiger partial charge in [-0.25, -0.2) is 4.39 Å². The third-order valence-corrected chi connectivity index (χ3v) is 4.44. The molecule has 2 aromatic carbocycles. The minimum Gasteiger partial charge on any atom is -0.320 e. The van der Waals surface area contributed by atoms with Crippen LogP contribution in [0, 0.1) is 12.7 Å². The van der Waals surface area contributed by atoms with E-state index in [2.05, 4.69) is 18.2 Å². The molecule has 1 atom stereocenters. The summed E-state index contributed by atoms with van der Waals surface area (Å²) in [4.78, 5) is 0. The molecule has 1 nitrogen and oxygen atoms in total. The number of hydrogen-bond donors (Lipinski definition) is 1. The smallest absolute Gasteiger partial charge is 0.123 e. The number of aryl methyl sites for hydroxylation is 1. The van der Waals surface area contributed by atoms with Crippen molar-refractivity contribution in [2.45, 2.75) is 38.1 Å². The first-order valence-electron chi connectivity index (χ1n) is 7.27. The van der Waals surface area contributed by atoms with Crippen LogP contribution >= 0.6 is 0 Å². The van der Waals surface area contributed by atoms with Gasteiger partial charge in [-0.1, -0.05) is 36.8 Å². The fourth-order valence-electron chi connectivity index (χ4n) is 3.04. The van der Waals surface area contributed by atoms with Crippen LogP contribution in [-0.2, 0) is 0 Å². The van der Waals surface area contributed by atoms with Gasteiger partial charge in [-0.05, 0) is 60.1 Å². The molecule has 104 valence electrons. The summed E-state index contributed by atoms with van der Waals surface area (Å²) in [6, 6.07) is 13.1. The fraction of sp³-hybridized carbons (Fsp3) is 0.333. The molecular formula is C18H20FN. The third-order valence-electron chi connectivity index (χ3n) is 4.44. The molecule has 0 heterocycles. The molecule has 2 heteroatoms. The molecule has 3 rings (SSSR count). The summed E-state index contributed by atoms with van der Waals surface area (Å²) in [6.07, 6.45) is 3.82. The van der Waals surface area contributed by atoms with Gasteiger partial charge in [0.15, 0.2) is 0 Å². The molecule has 1 aliphatic rings. The lowest BCUT2D eigenvalue weighted by Crippen LogP contribution is -2.19. The maximum absolute atomic E-state index is 13.2. The van der Waals surface area contributed by atoms with Gasteiger partial charge in [-0.15, -0.1) is 0 Å². The van der Waals surface area contributed by atoms with Crippen molar-refractivity contribution in [2.24, 2.45) is 5.73 Å². The van der Waals surface area contributed by atoms with Gasteiger partial charge in [-0.3, -0.25) is 0 Å². The van der Waals surface area contributed by atoms with Crippen LogP contribution < -0.4 is 5.73 Å². The summed E-state index contributed by atoms with van der Waals surface area (Å²) in [7, 11) is 0. The molecule has 2 N–H and O–H groups in total. The number of nitrogens with two attached hydrogens (primary N) is 1. The highest BCUT2D eigenvalue weighted by Crippen LogP contribution is 2.40. The lowest BCUT2D eigenvalue weighted by molar-refractivity contribution is 0.416. The van der Waals surface area contributed by atoms with E-state index in [4.69, 9.17) is 5.73 Å². The first-order valence-corrected chi connectivity index (χ1v) is 7.27. The molecule has 0 bridgehead atoms. The molecule has 0 amide bonds. The summed E-state index contributed by atoms with van der Waals surface area (Å²) < 4.78 is 13.2. The molecular weight excluding hydrogens is 249 g/mol. The Bertz CT molecular complexity index is 617. The lowest BCUT2D eigenvalue weighted by atomic mass is 9.76. The Morgan fingerprint density at radius 3 is 2.50 bits per heavy atom. The largest absolute Gasteiger partial charge is 0.320 e. The van der Waals surface area contributed by atoms with E-state index in [9.17, 15) is 4.39 Å². The average molecular weight is 269 g/mol. The van der Waals surface area contributed by atoms with Crippen molar-refractivity contribution in [2.75, 3.05) is 0 Å². The van der Waals surface area contributed by atoms with Crippen molar-refractivity contribution in [3.63, 3.8) is 0 Å². The zero-order valence-electron chi connectivity index (χ0n) is 11.8. The van der Waals surface area contributed by atoms with Crippen LogP contribution in [0.2, 0.25) is 0 Å². The van der Waals surface area contributed by atoms with Gasteiger partial charge >= 0.3 is 0 Å². The molecule has 2 aromatic rings. The Morgan fingerprint density at radius 1 is 1.10 bits per heavy atom. The summed E-state index contributed by atoms with van der Waals surface area (Å²) >= 11 is 0. The van der Waals surface area contributed by atoms with Crippen LogP contribution in [0.4, 0.5) is 4.39 Å². The summed E-state index contributed by atoms with van der Waals surface area (Å²) in [5.41, 5.74) is 10.9. The second-order valence-corrected chi connectivity index (χ2v) is 5.74. The molecule has 0 aromatic heterocycles. The van der Waals surface area contributed by atoms with E-state index in [1.807, 2.05) is 19.1 Å². The van der Waals surface area contributed by atoms with E-state index in [1.165, 1.54) is 36.5 Å². The van der Waals surface area contributed by atoms with Crippen molar-refractivity contribution in [3.8, 4) is 0 Å². The van der Waals surface area contributed by atoms with Crippen LogP contribution in [0.1, 0.15) is 53.5 Å². The Balaban J connectivity index is 1.99. The van der Waals surface area contributed by atoms with Gasteiger partial charge in [0.05, 0.1) is 6.04 Å². The molecule has 1 fully saturated rings. The predicted molar refractivity (Wildman–Crippen MR) is 80.2 cm³/mol. The average Bonchev–Trinajstić information content (AvgIpc) is 2.37. The molecule has 1 unspecified atom stereocenters. The van der Waals surface area contributed by atoms with Crippen LogP contribution in [-0.4, -0.2) is 0 Å². The number of benzene rings is 2. The Hall–Kier alpha value is -1.67. The number of halogens is 1. The second-order valence-electron chi connectivity index (χ2n) is 5.74. The molecule has 0 spiro atoms. The standard InChI is InChI=1S/C18H20FN/c1-12-11-14(19)9-10-15(12)18(20)17-8-3-2-7-16(17)13-5-4-6-13/h2-3,7-11,13,18H,4-6,20H2,1H3. The first-order chi connectivity index (χ1) is 9.66. The number of hydrogen-bond acceptors (Lipinski definition) is 1. The maximum Gasteiger partial charge on any atom is 0.123 e. The Labute approximate surface area is 119 Å². The van der Waals surface area contributed by atoms with Gasteiger partial charge < -0.3 is 5.73 Å². The molecule has 1 aliphatic carbocycles. The molecule has 1 saturated carbocycles. The highest BCUT2D eigenvalue weighted by Gasteiger charge is 2.24. The van der Waals surface area contributed by atoms with Crippen molar-refractivity contribution in [1.29, 1.82) is 0 Å². The maximum atomic E-state index is 13.2. The van der Waals surface area contributed by atoms with Crippen molar-refractivity contribution < 1.29 is 4.39 Å². The molecule has 0 radical (unpaired) electrons. The highest BCUT2D eigenvalue weighted by atomic mass is 19.1. The zero-order chi connectivity index (χ0) is 14.1. The summed E-state index contributed by atoms with van der Waals surface area (Å²) in [5.74, 6) is 0.448. The second kappa shape index (κ2) is 5.37. The van der Waals surface area contributed by atoms with E-state index in [-0.39, 0.29) is 11.9 Å². The minimum atomic E-state index is -0.203. The van der Waals surface area contributed by atoms with Gasteiger partial charge in [0.25, 0.3) is 0 Å². The molecule has 0 saturated heterocycles. The Morgan fingerprint density at radius 2 is 1.85 bits per heavy atom. The monoisotopic (exact) mass is 269 g/mol. The lowest BCUT2D eigenvalue weighted by Gasteiger charge is -2.30. The highest BCUT2D eigenvalue weighted by molar-refractivity contribution is 5.42. The fourth-order valence-corrected chi connectivity index (χ4v) is 3.04. The third kappa shape index (κ3) is 2.36. The molecule has 20 heavy (non-hydrogen) atoms. The van der Waals surface area contributed by atoms with E-state index < -0.39 is 0 Å². The van der Waals surface area contributed by atoms with E-state index in [0.717, 1.165) is 11.1 Å². The predicted octanol–water partition coefficient (Wildman–Crippen LogP) is 4.45. The normalized spacial score (nSPS) is 16.8. The Kier molecular flexibility index (Phi) is 3.58. The van der Waals surface area contributed by atoms with E-state index in [0.29, 0.717) is 5.92 Å². The van der Waals surface area contributed by atoms with Gasteiger partial charge in [0.2, 0.25) is 0 Å². The molecule has 0 aliphatic heterocycles. The van der Waals surface area contributed by atoms with Crippen molar-refractivity contribution in [1.82, 2.24) is 0 Å². The first kappa shape index (κ1) is 13.3. The van der Waals surface area contributed by atoms with Crippen LogP contribution in [0.25, 0.3) is 0 Å². The van der Waals surface area contributed by atoms with Gasteiger partial charge in [0.1, 0.15) is 5.82 Å².